The molecule has 5 nitrogen and oxygen atoms in total. The van der Waals surface area contributed by atoms with Crippen LogP contribution in [0.2, 0.25) is 0 Å². The standard InChI is InChI=1S/C22H22N2O3S/c1-2-8-17(16-9-4-3-5-10-16)23-20(25)15-27-22(26)14-13-21-24-18-11-6-7-12-19(18)28-21/h3-7,9-14,17H,2,8,15H2,1H3,(H,23,25)/b14-13+. The van der Waals surface area contributed by atoms with Crippen LogP contribution in [0, 0.1) is 0 Å². The molecule has 0 saturated carbocycles. The second-order valence-electron chi connectivity index (χ2n) is 6.28. The van der Waals surface area contributed by atoms with Crippen molar-refractivity contribution in [2.45, 2.75) is 25.8 Å². The van der Waals surface area contributed by atoms with Crippen LogP contribution in [-0.4, -0.2) is 23.5 Å². The molecule has 0 aliphatic heterocycles. The molecule has 6 heteroatoms. The van der Waals surface area contributed by atoms with Crippen LogP contribution in [0.25, 0.3) is 16.3 Å². The number of esters is 1. The summed E-state index contributed by atoms with van der Waals surface area (Å²) in [5.41, 5.74) is 1.93. The molecule has 0 spiro atoms. The topological polar surface area (TPSA) is 68.3 Å². The molecule has 1 atom stereocenters. The molecule has 3 rings (SSSR count). The maximum Gasteiger partial charge on any atom is 0.331 e. The van der Waals surface area contributed by atoms with Crippen LogP contribution in [0.1, 0.15) is 36.4 Å². The molecule has 1 aromatic heterocycles. The number of nitrogens with zero attached hydrogens (tertiary/aromatic N) is 1. The predicted octanol–water partition coefficient (Wildman–Crippen LogP) is 4.51. The SMILES string of the molecule is CCCC(NC(=O)COC(=O)/C=C/c1nc2ccccc2s1)c1ccccc1. The van der Waals surface area contributed by atoms with E-state index in [4.69, 9.17) is 4.74 Å². The first kappa shape index (κ1) is 19.8. The molecule has 1 amide bonds. The summed E-state index contributed by atoms with van der Waals surface area (Å²) < 4.78 is 6.11. The molecule has 144 valence electrons. The lowest BCUT2D eigenvalue weighted by Gasteiger charge is -2.18. The van der Waals surface area contributed by atoms with Crippen molar-refractivity contribution in [2.75, 3.05) is 6.61 Å². The van der Waals surface area contributed by atoms with Gasteiger partial charge < -0.3 is 10.1 Å². The summed E-state index contributed by atoms with van der Waals surface area (Å²) in [5, 5.41) is 3.65. The molecule has 1 N–H and O–H groups in total. The highest BCUT2D eigenvalue weighted by Crippen LogP contribution is 2.22. The van der Waals surface area contributed by atoms with Crippen molar-refractivity contribution in [1.29, 1.82) is 0 Å². The van der Waals surface area contributed by atoms with Gasteiger partial charge in [-0.05, 0) is 30.2 Å². The summed E-state index contributed by atoms with van der Waals surface area (Å²) in [7, 11) is 0. The lowest BCUT2D eigenvalue weighted by Crippen LogP contribution is -2.32. The van der Waals surface area contributed by atoms with Crippen molar-refractivity contribution in [1.82, 2.24) is 10.3 Å². The number of nitrogens with one attached hydrogen (secondary N) is 1. The minimum atomic E-state index is -0.568. The number of rotatable bonds is 8. The maximum absolute atomic E-state index is 12.2. The molecule has 1 heterocycles. The van der Waals surface area contributed by atoms with Gasteiger partial charge in [0.05, 0.1) is 16.3 Å². The first-order chi connectivity index (χ1) is 13.7. The van der Waals surface area contributed by atoms with E-state index < -0.39 is 5.97 Å². The number of carbonyl (C=O) groups is 2. The minimum Gasteiger partial charge on any atom is -0.452 e. The zero-order chi connectivity index (χ0) is 19.8. The fraction of sp³-hybridized carbons (Fsp3) is 0.227. The summed E-state index contributed by atoms with van der Waals surface area (Å²) in [5.74, 6) is -0.884. The Balaban J connectivity index is 1.51. The molecular weight excluding hydrogens is 372 g/mol. The van der Waals surface area contributed by atoms with Crippen molar-refractivity contribution in [3.05, 3.63) is 71.2 Å². The number of fused-ring (bicyclic) bond motifs is 1. The van der Waals surface area contributed by atoms with E-state index >= 15 is 0 Å². The maximum atomic E-state index is 12.2. The third-order valence-corrected chi connectivity index (χ3v) is 5.13. The zero-order valence-corrected chi connectivity index (χ0v) is 16.4. The highest BCUT2D eigenvalue weighted by molar-refractivity contribution is 7.19. The summed E-state index contributed by atoms with van der Waals surface area (Å²) in [6.07, 6.45) is 4.66. The van der Waals surface area contributed by atoms with E-state index in [9.17, 15) is 9.59 Å². The lowest BCUT2D eigenvalue weighted by atomic mass is 10.0. The minimum absolute atomic E-state index is 0.0873. The average Bonchev–Trinajstić information content (AvgIpc) is 3.14. The van der Waals surface area contributed by atoms with E-state index in [1.54, 1.807) is 6.08 Å². The molecule has 0 bridgehead atoms. The molecule has 0 aliphatic carbocycles. The summed E-state index contributed by atoms with van der Waals surface area (Å²) >= 11 is 1.49. The Labute approximate surface area is 168 Å². The van der Waals surface area contributed by atoms with Gasteiger partial charge in [0, 0.05) is 6.08 Å². The third-order valence-electron chi connectivity index (χ3n) is 4.13. The van der Waals surface area contributed by atoms with Gasteiger partial charge in [0.1, 0.15) is 5.01 Å². The second kappa shape index (κ2) is 9.80. The van der Waals surface area contributed by atoms with Gasteiger partial charge in [-0.2, -0.15) is 0 Å². The quantitative estimate of drug-likeness (QED) is 0.451. The van der Waals surface area contributed by atoms with Gasteiger partial charge in [0.25, 0.3) is 5.91 Å². The lowest BCUT2D eigenvalue weighted by molar-refractivity contribution is -0.144. The number of amides is 1. The fourth-order valence-corrected chi connectivity index (χ4v) is 3.69. The Bertz CT molecular complexity index is 933. The van der Waals surface area contributed by atoms with Crippen molar-refractivity contribution in [3.63, 3.8) is 0 Å². The van der Waals surface area contributed by atoms with Crippen LogP contribution < -0.4 is 5.32 Å². The number of hydrogen-bond donors (Lipinski definition) is 1. The molecule has 0 radical (unpaired) electrons. The third kappa shape index (κ3) is 5.50. The van der Waals surface area contributed by atoms with Gasteiger partial charge in [-0.25, -0.2) is 9.78 Å². The van der Waals surface area contributed by atoms with E-state index in [1.165, 1.54) is 17.4 Å². The molecular formula is C22H22N2O3S. The van der Waals surface area contributed by atoms with Crippen LogP contribution in [0.15, 0.2) is 60.7 Å². The Kier molecular flexibility index (Phi) is 6.92. The van der Waals surface area contributed by atoms with Crippen LogP contribution in [-0.2, 0) is 14.3 Å². The van der Waals surface area contributed by atoms with Crippen LogP contribution in [0.3, 0.4) is 0 Å². The Morgan fingerprint density at radius 3 is 2.64 bits per heavy atom. The second-order valence-corrected chi connectivity index (χ2v) is 7.34. The van der Waals surface area contributed by atoms with Crippen LogP contribution in [0.5, 0.6) is 0 Å². The van der Waals surface area contributed by atoms with Gasteiger partial charge in [0.2, 0.25) is 0 Å². The summed E-state index contributed by atoms with van der Waals surface area (Å²) in [6, 6.07) is 17.5. The van der Waals surface area contributed by atoms with Crippen LogP contribution >= 0.6 is 11.3 Å². The van der Waals surface area contributed by atoms with Gasteiger partial charge in [-0.15, -0.1) is 11.3 Å². The summed E-state index contributed by atoms with van der Waals surface area (Å²) in [4.78, 5) is 28.5. The number of thiazole rings is 1. The number of ether oxygens (including phenoxy) is 1. The van der Waals surface area contributed by atoms with E-state index in [0.717, 1.165) is 33.6 Å². The number of benzene rings is 2. The Morgan fingerprint density at radius 2 is 1.89 bits per heavy atom. The van der Waals surface area contributed by atoms with E-state index in [1.807, 2.05) is 54.6 Å². The fourth-order valence-electron chi connectivity index (χ4n) is 2.82. The van der Waals surface area contributed by atoms with E-state index in [-0.39, 0.29) is 18.6 Å². The average molecular weight is 394 g/mol. The number of carbonyl (C=O) groups excluding carboxylic acids is 2. The largest absolute Gasteiger partial charge is 0.452 e. The van der Waals surface area contributed by atoms with Gasteiger partial charge in [-0.3, -0.25) is 4.79 Å². The Morgan fingerprint density at radius 1 is 1.14 bits per heavy atom. The molecule has 1 unspecified atom stereocenters. The first-order valence-corrected chi connectivity index (χ1v) is 10.0. The molecule has 3 aromatic rings. The van der Waals surface area contributed by atoms with E-state index in [0.29, 0.717) is 0 Å². The normalized spacial score (nSPS) is 12.2. The predicted molar refractivity (Wildman–Crippen MR) is 112 cm³/mol. The smallest absolute Gasteiger partial charge is 0.331 e. The van der Waals surface area contributed by atoms with Crippen molar-refractivity contribution in [2.24, 2.45) is 0 Å². The van der Waals surface area contributed by atoms with Crippen molar-refractivity contribution < 1.29 is 14.3 Å². The Hall–Kier alpha value is -2.99. The number of hydrogen-bond acceptors (Lipinski definition) is 5. The monoisotopic (exact) mass is 394 g/mol. The number of aromatic nitrogens is 1. The molecule has 2 aromatic carbocycles. The number of para-hydroxylation sites is 1. The summed E-state index contributed by atoms with van der Waals surface area (Å²) in [6.45, 7) is 1.75. The molecule has 0 aliphatic rings. The van der Waals surface area contributed by atoms with Gasteiger partial charge in [-0.1, -0.05) is 55.8 Å². The van der Waals surface area contributed by atoms with Crippen molar-refractivity contribution >= 4 is 39.5 Å². The highest BCUT2D eigenvalue weighted by Gasteiger charge is 2.14. The van der Waals surface area contributed by atoms with Crippen LogP contribution in [0.4, 0.5) is 0 Å². The first-order valence-electron chi connectivity index (χ1n) is 9.20. The molecule has 28 heavy (non-hydrogen) atoms. The highest BCUT2D eigenvalue weighted by atomic mass is 32.1. The zero-order valence-electron chi connectivity index (χ0n) is 15.6. The van der Waals surface area contributed by atoms with E-state index in [2.05, 4.69) is 17.2 Å². The van der Waals surface area contributed by atoms with Gasteiger partial charge in [0.15, 0.2) is 6.61 Å². The van der Waals surface area contributed by atoms with Crippen molar-refractivity contribution in [3.8, 4) is 0 Å². The molecule has 0 fully saturated rings. The molecule has 0 saturated heterocycles. The van der Waals surface area contributed by atoms with Gasteiger partial charge >= 0.3 is 5.97 Å².